The summed E-state index contributed by atoms with van der Waals surface area (Å²) in [5.74, 6) is 0.788. The predicted molar refractivity (Wildman–Crippen MR) is 112 cm³/mol. The van der Waals surface area contributed by atoms with Gasteiger partial charge in [0.25, 0.3) is 0 Å². The van der Waals surface area contributed by atoms with Crippen LogP contribution in [0.5, 0.6) is 5.75 Å². The molecule has 2 aliphatic rings. The van der Waals surface area contributed by atoms with Crippen LogP contribution in [0, 0.1) is 19.8 Å². The first-order valence-corrected chi connectivity index (χ1v) is 10.5. The summed E-state index contributed by atoms with van der Waals surface area (Å²) < 4.78 is 5.79. The number of aryl methyl sites for hydroxylation is 3. The second kappa shape index (κ2) is 7.33. The van der Waals surface area contributed by atoms with Crippen molar-refractivity contribution in [2.75, 3.05) is 27.2 Å². The number of rotatable bonds is 2. The van der Waals surface area contributed by atoms with Crippen molar-refractivity contribution in [3.05, 3.63) is 56.9 Å². The molecule has 1 aromatic carbocycles. The van der Waals surface area contributed by atoms with Crippen LogP contribution in [-0.2, 0) is 18.4 Å². The fourth-order valence-electron chi connectivity index (χ4n) is 5.01. The van der Waals surface area contributed by atoms with Crippen LogP contribution in [0.4, 0.5) is 0 Å². The standard InChI is InChI=1S/C23H29ClN2O2/c1-14-11-16-5-6-18-20(19(28-4)12-15(2)21(18)24)23(27,22(16)25-13-14)17-7-9-26(3)10-8-17/h11-13,17,27H,5-10H2,1-4H3. The summed E-state index contributed by atoms with van der Waals surface area (Å²) in [5, 5.41) is 13.2. The SMILES string of the molecule is COc1cc(C)c(Cl)c2c1C(O)(C1CCN(C)CC1)c1ncc(C)cc1CC2. The van der Waals surface area contributed by atoms with Gasteiger partial charge in [0, 0.05) is 22.7 Å². The molecule has 1 aliphatic heterocycles. The Morgan fingerprint density at radius 3 is 2.61 bits per heavy atom. The Kier molecular flexibility index (Phi) is 5.15. The molecule has 1 aliphatic carbocycles. The van der Waals surface area contributed by atoms with Crippen molar-refractivity contribution in [2.24, 2.45) is 5.92 Å². The smallest absolute Gasteiger partial charge is 0.138 e. The van der Waals surface area contributed by atoms with Crippen molar-refractivity contribution in [3.8, 4) is 5.75 Å². The second-order valence-corrected chi connectivity index (χ2v) is 8.81. The van der Waals surface area contributed by atoms with Crippen LogP contribution in [0.1, 0.15) is 46.4 Å². The fraction of sp³-hybridized carbons (Fsp3) is 0.522. The van der Waals surface area contributed by atoms with E-state index in [0.717, 1.165) is 77.3 Å². The summed E-state index contributed by atoms with van der Waals surface area (Å²) in [5.41, 5.74) is 4.64. The van der Waals surface area contributed by atoms with Crippen molar-refractivity contribution in [1.29, 1.82) is 0 Å². The predicted octanol–water partition coefficient (Wildman–Crippen LogP) is 4.04. The Morgan fingerprint density at radius 1 is 1.21 bits per heavy atom. The maximum absolute atomic E-state index is 12.5. The highest BCUT2D eigenvalue weighted by Gasteiger charge is 2.48. The number of nitrogens with zero attached hydrogens (tertiary/aromatic N) is 2. The van der Waals surface area contributed by atoms with E-state index in [1.165, 1.54) is 0 Å². The highest BCUT2D eigenvalue weighted by atomic mass is 35.5. The first-order valence-electron chi connectivity index (χ1n) is 10.1. The van der Waals surface area contributed by atoms with Gasteiger partial charge in [-0.3, -0.25) is 4.98 Å². The monoisotopic (exact) mass is 400 g/mol. The average molecular weight is 401 g/mol. The first kappa shape index (κ1) is 19.7. The number of piperidine rings is 1. The summed E-state index contributed by atoms with van der Waals surface area (Å²) >= 11 is 6.78. The van der Waals surface area contributed by atoms with E-state index in [1.54, 1.807) is 7.11 Å². The molecule has 0 spiro atoms. The number of aliphatic hydroxyl groups is 1. The first-order chi connectivity index (χ1) is 13.4. The van der Waals surface area contributed by atoms with Crippen LogP contribution in [0.25, 0.3) is 0 Å². The Bertz CT molecular complexity index is 906. The van der Waals surface area contributed by atoms with Gasteiger partial charge in [0.15, 0.2) is 0 Å². The van der Waals surface area contributed by atoms with Crippen molar-refractivity contribution < 1.29 is 9.84 Å². The lowest BCUT2D eigenvalue weighted by molar-refractivity contribution is -0.0164. The number of likely N-dealkylation sites (tertiary alicyclic amines) is 1. The van der Waals surface area contributed by atoms with Crippen molar-refractivity contribution in [1.82, 2.24) is 9.88 Å². The molecule has 2 heterocycles. The van der Waals surface area contributed by atoms with Gasteiger partial charge in [-0.1, -0.05) is 17.7 Å². The van der Waals surface area contributed by atoms with Gasteiger partial charge in [-0.2, -0.15) is 0 Å². The Labute approximate surface area is 172 Å². The van der Waals surface area contributed by atoms with E-state index < -0.39 is 5.60 Å². The lowest BCUT2D eigenvalue weighted by Gasteiger charge is -2.42. The van der Waals surface area contributed by atoms with Crippen molar-refractivity contribution >= 4 is 11.6 Å². The van der Waals surface area contributed by atoms with E-state index >= 15 is 0 Å². The average Bonchev–Trinajstić information content (AvgIpc) is 2.80. The zero-order chi connectivity index (χ0) is 20.1. The molecule has 0 amide bonds. The number of halogens is 1. The van der Waals surface area contributed by atoms with Crippen molar-refractivity contribution in [3.63, 3.8) is 0 Å². The third-order valence-corrected chi connectivity index (χ3v) is 7.05. The van der Waals surface area contributed by atoms with Gasteiger partial charge in [-0.15, -0.1) is 0 Å². The van der Waals surface area contributed by atoms with Gasteiger partial charge in [0.1, 0.15) is 11.4 Å². The van der Waals surface area contributed by atoms with Crippen LogP contribution < -0.4 is 4.74 Å². The molecule has 4 rings (SSSR count). The van der Waals surface area contributed by atoms with Crippen molar-refractivity contribution in [2.45, 2.75) is 45.1 Å². The molecule has 1 saturated heterocycles. The summed E-state index contributed by atoms with van der Waals surface area (Å²) in [7, 11) is 3.81. The highest BCUT2D eigenvalue weighted by Crippen LogP contribution is 2.51. The maximum Gasteiger partial charge on any atom is 0.138 e. The van der Waals surface area contributed by atoms with Gasteiger partial charge < -0.3 is 14.7 Å². The summed E-state index contributed by atoms with van der Waals surface area (Å²) in [6, 6.07) is 4.13. The summed E-state index contributed by atoms with van der Waals surface area (Å²) in [4.78, 5) is 7.11. The van der Waals surface area contributed by atoms with Crippen LogP contribution in [-0.4, -0.2) is 42.2 Å². The Morgan fingerprint density at radius 2 is 1.93 bits per heavy atom. The van der Waals surface area contributed by atoms with E-state index in [1.807, 2.05) is 19.2 Å². The summed E-state index contributed by atoms with van der Waals surface area (Å²) in [6.07, 6.45) is 5.29. The quantitative estimate of drug-likeness (QED) is 0.826. The number of pyridine rings is 1. The number of aromatic nitrogens is 1. The van der Waals surface area contributed by atoms with Crippen LogP contribution in [0.3, 0.4) is 0 Å². The lowest BCUT2D eigenvalue weighted by atomic mass is 9.72. The number of hydrogen-bond acceptors (Lipinski definition) is 4. The second-order valence-electron chi connectivity index (χ2n) is 8.43. The van der Waals surface area contributed by atoms with Gasteiger partial charge in [-0.05, 0) is 88.0 Å². The molecule has 28 heavy (non-hydrogen) atoms. The summed E-state index contributed by atoms with van der Waals surface area (Å²) in [6.45, 7) is 5.98. The van der Waals surface area contributed by atoms with Crippen LogP contribution in [0.15, 0.2) is 18.3 Å². The molecule has 0 saturated carbocycles. The lowest BCUT2D eigenvalue weighted by Crippen LogP contribution is -2.44. The Balaban J connectivity index is 2.01. The molecule has 0 radical (unpaired) electrons. The normalized spacial score (nSPS) is 23.1. The molecular weight excluding hydrogens is 372 g/mol. The van der Waals surface area contributed by atoms with E-state index in [-0.39, 0.29) is 5.92 Å². The number of ether oxygens (including phenoxy) is 1. The van der Waals surface area contributed by atoms with Crippen LogP contribution in [0.2, 0.25) is 5.02 Å². The van der Waals surface area contributed by atoms with Crippen LogP contribution >= 0.6 is 11.6 Å². The van der Waals surface area contributed by atoms with E-state index in [4.69, 9.17) is 21.3 Å². The minimum absolute atomic E-state index is 0.0715. The number of fused-ring (bicyclic) bond motifs is 2. The molecule has 5 heteroatoms. The minimum Gasteiger partial charge on any atom is -0.496 e. The number of hydrogen-bond donors (Lipinski definition) is 1. The topological polar surface area (TPSA) is 45.6 Å². The molecule has 1 fully saturated rings. The third kappa shape index (κ3) is 3.02. The molecule has 0 bridgehead atoms. The van der Waals surface area contributed by atoms with Gasteiger partial charge in [-0.25, -0.2) is 0 Å². The fourth-order valence-corrected chi connectivity index (χ4v) is 5.25. The highest BCUT2D eigenvalue weighted by molar-refractivity contribution is 6.32. The number of benzene rings is 1. The molecule has 4 nitrogen and oxygen atoms in total. The zero-order valence-corrected chi connectivity index (χ0v) is 17.9. The molecule has 2 aromatic rings. The van der Waals surface area contributed by atoms with E-state index in [9.17, 15) is 5.11 Å². The molecule has 150 valence electrons. The van der Waals surface area contributed by atoms with Gasteiger partial charge in [0.2, 0.25) is 0 Å². The molecule has 1 unspecified atom stereocenters. The number of methoxy groups -OCH3 is 1. The molecular formula is C23H29ClN2O2. The largest absolute Gasteiger partial charge is 0.496 e. The van der Waals surface area contributed by atoms with Gasteiger partial charge in [0.05, 0.1) is 12.8 Å². The maximum atomic E-state index is 12.5. The zero-order valence-electron chi connectivity index (χ0n) is 17.2. The van der Waals surface area contributed by atoms with E-state index in [2.05, 4.69) is 24.9 Å². The molecule has 1 atom stereocenters. The third-order valence-electron chi connectivity index (χ3n) is 6.53. The van der Waals surface area contributed by atoms with E-state index in [0.29, 0.717) is 5.75 Å². The minimum atomic E-state index is -1.20. The van der Waals surface area contributed by atoms with Gasteiger partial charge >= 0.3 is 0 Å². The molecule has 1 N–H and O–H groups in total. The molecule has 1 aromatic heterocycles. The Hall–Kier alpha value is -1.62.